The van der Waals surface area contributed by atoms with Crippen LogP contribution in [0.1, 0.15) is 213 Å². The molecule has 0 rings (SSSR count). The van der Waals surface area contributed by atoms with E-state index in [2.05, 4.69) is 43.5 Å². The number of phosphoric acid groups is 1. The summed E-state index contributed by atoms with van der Waals surface area (Å²) in [6.45, 7) is 4.59. The van der Waals surface area contributed by atoms with Crippen molar-refractivity contribution >= 4 is 13.7 Å². The highest BCUT2D eigenvalue weighted by atomic mass is 31.2. The van der Waals surface area contributed by atoms with Gasteiger partial charge in [-0.25, -0.2) is 4.57 Å². The summed E-state index contributed by atoms with van der Waals surface area (Å²) in [7, 11) is 1.43. The molecule has 0 bridgehead atoms. The largest absolute Gasteiger partial charge is 0.472 e. The number of aliphatic hydroxyl groups is 2. The number of carbonyl (C=O) groups excluding carboxylic acids is 1. The van der Waals surface area contributed by atoms with E-state index in [1.54, 1.807) is 0 Å². The van der Waals surface area contributed by atoms with Gasteiger partial charge in [0.05, 0.1) is 39.9 Å². The molecule has 9 nitrogen and oxygen atoms in total. The molecule has 0 aliphatic rings. The smallest absolute Gasteiger partial charge is 0.390 e. The lowest BCUT2D eigenvalue weighted by Crippen LogP contribution is -2.51. The van der Waals surface area contributed by atoms with Crippen molar-refractivity contribution in [3.8, 4) is 0 Å². The molecule has 0 aliphatic carbocycles. The zero-order valence-corrected chi connectivity index (χ0v) is 38.8. The van der Waals surface area contributed by atoms with Gasteiger partial charge in [-0.1, -0.05) is 186 Å². The standard InChI is InChI=1S/C47H93N2O7P/c1-6-8-10-12-14-16-18-20-21-22-23-24-25-26-27-28-30-32-34-36-38-40-46(51)48-44(43-56-57(53,54)55-42-41-49(3,4)5)47(52)45(50)39-37-35-33-31-29-19-17-15-13-11-9-7-2/h18,20,22-23,44-45,47,50,52H,6-17,19,21,24-43H2,1-5H3,(H-,48,51,53,54)/p+1/b20-18-,23-22-. The molecule has 0 aliphatic heterocycles. The molecule has 0 saturated heterocycles. The van der Waals surface area contributed by atoms with Gasteiger partial charge in [-0.3, -0.25) is 13.8 Å². The van der Waals surface area contributed by atoms with Crippen LogP contribution in [0.3, 0.4) is 0 Å². The van der Waals surface area contributed by atoms with Crippen LogP contribution >= 0.6 is 7.82 Å². The fourth-order valence-corrected chi connectivity index (χ4v) is 7.67. The summed E-state index contributed by atoms with van der Waals surface area (Å²) >= 11 is 0. The molecule has 10 heteroatoms. The van der Waals surface area contributed by atoms with Crippen LogP contribution in [0, 0.1) is 0 Å². The van der Waals surface area contributed by atoms with E-state index in [0.717, 1.165) is 51.4 Å². The molecule has 4 unspecified atom stereocenters. The number of rotatable bonds is 43. The number of quaternary nitrogens is 1. The molecule has 0 heterocycles. The van der Waals surface area contributed by atoms with E-state index in [1.165, 1.54) is 135 Å². The number of amides is 1. The molecule has 4 atom stereocenters. The van der Waals surface area contributed by atoms with Crippen LogP contribution in [0.5, 0.6) is 0 Å². The molecule has 338 valence electrons. The van der Waals surface area contributed by atoms with Gasteiger partial charge in [-0.2, -0.15) is 0 Å². The predicted octanol–water partition coefficient (Wildman–Crippen LogP) is 12.3. The minimum Gasteiger partial charge on any atom is -0.390 e. The first-order chi connectivity index (χ1) is 27.4. The third-order valence-corrected chi connectivity index (χ3v) is 11.8. The van der Waals surface area contributed by atoms with Crippen molar-refractivity contribution in [2.45, 2.75) is 231 Å². The van der Waals surface area contributed by atoms with Gasteiger partial charge in [0.15, 0.2) is 0 Å². The number of phosphoric ester groups is 1. The molecule has 0 spiro atoms. The van der Waals surface area contributed by atoms with Crippen LogP contribution in [0.4, 0.5) is 0 Å². The Kier molecular flexibility index (Phi) is 38.4. The molecule has 1 amide bonds. The maximum atomic E-state index is 12.9. The van der Waals surface area contributed by atoms with Crippen molar-refractivity contribution in [1.82, 2.24) is 5.32 Å². The van der Waals surface area contributed by atoms with Gasteiger partial charge in [0, 0.05) is 6.42 Å². The van der Waals surface area contributed by atoms with E-state index in [1.807, 2.05) is 21.1 Å². The van der Waals surface area contributed by atoms with Gasteiger partial charge >= 0.3 is 7.82 Å². The number of carbonyl (C=O) groups is 1. The minimum absolute atomic E-state index is 0.0215. The van der Waals surface area contributed by atoms with Gasteiger partial charge in [0.25, 0.3) is 0 Å². The molecule has 0 radical (unpaired) electrons. The first-order valence-electron chi connectivity index (χ1n) is 23.8. The van der Waals surface area contributed by atoms with Crippen LogP contribution in [-0.2, 0) is 18.4 Å². The van der Waals surface area contributed by atoms with E-state index in [-0.39, 0.29) is 18.9 Å². The Hall–Kier alpha value is -1.06. The van der Waals surface area contributed by atoms with Crippen molar-refractivity contribution in [2.24, 2.45) is 0 Å². The minimum atomic E-state index is -4.41. The summed E-state index contributed by atoms with van der Waals surface area (Å²) in [6.07, 6.45) is 42.3. The van der Waals surface area contributed by atoms with Crippen molar-refractivity contribution < 1.29 is 38.0 Å². The number of allylic oxidation sites excluding steroid dienone is 4. The first-order valence-corrected chi connectivity index (χ1v) is 25.3. The topological polar surface area (TPSA) is 125 Å². The lowest BCUT2D eigenvalue weighted by molar-refractivity contribution is -0.870. The fraction of sp³-hybridized carbons (Fsp3) is 0.894. The van der Waals surface area contributed by atoms with Crippen LogP contribution in [0.25, 0.3) is 0 Å². The van der Waals surface area contributed by atoms with Crippen molar-refractivity contribution in [2.75, 3.05) is 40.9 Å². The highest BCUT2D eigenvalue weighted by Crippen LogP contribution is 2.43. The molecule has 57 heavy (non-hydrogen) atoms. The van der Waals surface area contributed by atoms with Crippen LogP contribution in [0.15, 0.2) is 24.3 Å². The summed E-state index contributed by atoms with van der Waals surface area (Å²) in [6, 6.07) is -1.03. The maximum absolute atomic E-state index is 12.9. The second-order valence-corrected chi connectivity index (χ2v) is 19.1. The van der Waals surface area contributed by atoms with Crippen molar-refractivity contribution in [3.05, 3.63) is 24.3 Å². The van der Waals surface area contributed by atoms with Crippen LogP contribution in [0.2, 0.25) is 0 Å². The Labute approximate surface area is 352 Å². The fourth-order valence-electron chi connectivity index (χ4n) is 6.94. The van der Waals surface area contributed by atoms with E-state index < -0.39 is 32.7 Å². The Morgan fingerprint density at radius 2 is 1.04 bits per heavy atom. The highest BCUT2D eigenvalue weighted by molar-refractivity contribution is 7.47. The number of unbranched alkanes of at least 4 members (excludes halogenated alkanes) is 25. The molecular weight excluding hydrogens is 735 g/mol. The van der Waals surface area contributed by atoms with Gasteiger partial charge in [-0.15, -0.1) is 0 Å². The summed E-state index contributed by atoms with van der Waals surface area (Å²) in [5.41, 5.74) is 0. The van der Waals surface area contributed by atoms with Crippen LogP contribution < -0.4 is 5.32 Å². The van der Waals surface area contributed by atoms with Gasteiger partial charge in [0.1, 0.15) is 19.3 Å². The third kappa shape index (κ3) is 40.1. The third-order valence-electron chi connectivity index (χ3n) is 10.8. The quantitative estimate of drug-likeness (QED) is 0.0209. The van der Waals surface area contributed by atoms with E-state index >= 15 is 0 Å². The predicted molar refractivity (Wildman–Crippen MR) is 241 cm³/mol. The lowest BCUT2D eigenvalue weighted by atomic mass is 9.99. The Morgan fingerprint density at radius 1 is 0.614 bits per heavy atom. The van der Waals surface area contributed by atoms with Crippen molar-refractivity contribution in [3.63, 3.8) is 0 Å². The molecule has 0 aromatic heterocycles. The highest BCUT2D eigenvalue weighted by Gasteiger charge is 2.31. The molecule has 0 aromatic rings. The van der Waals surface area contributed by atoms with Gasteiger partial charge in [0.2, 0.25) is 5.91 Å². The van der Waals surface area contributed by atoms with E-state index in [4.69, 9.17) is 9.05 Å². The monoisotopic (exact) mass is 830 g/mol. The average molecular weight is 830 g/mol. The second-order valence-electron chi connectivity index (χ2n) is 17.6. The maximum Gasteiger partial charge on any atom is 0.472 e. The number of nitrogens with one attached hydrogen (secondary N) is 1. The van der Waals surface area contributed by atoms with Crippen LogP contribution in [-0.4, -0.2) is 84.6 Å². The number of nitrogens with zero attached hydrogens (tertiary/aromatic N) is 1. The summed E-state index contributed by atoms with van der Waals surface area (Å²) in [5, 5.41) is 24.7. The van der Waals surface area contributed by atoms with E-state index in [0.29, 0.717) is 17.4 Å². The van der Waals surface area contributed by atoms with Gasteiger partial charge < -0.3 is 24.9 Å². The van der Waals surface area contributed by atoms with E-state index in [9.17, 15) is 24.5 Å². The second kappa shape index (κ2) is 39.1. The molecular formula is C47H94N2O7P+. The number of hydrogen-bond donors (Lipinski definition) is 4. The number of aliphatic hydroxyl groups excluding tert-OH is 2. The molecule has 0 aromatic carbocycles. The Bertz CT molecular complexity index is 1000. The summed E-state index contributed by atoms with van der Waals surface area (Å²) in [5.74, 6) is -0.262. The molecule has 0 saturated carbocycles. The average Bonchev–Trinajstić information content (AvgIpc) is 3.16. The zero-order valence-electron chi connectivity index (χ0n) is 38.0. The first kappa shape index (κ1) is 55.9. The molecule has 0 fully saturated rings. The normalized spacial score (nSPS) is 15.0. The Balaban J connectivity index is 4.40. The SMILES string of the molecule is CCCCCCC/C=C\C/C=C\CCCCCCCCCCCC(=O)NC(COP(=O)(O)OCC[N+](C)(C)C)C(O)C(O)CCCCCCCCCCCCCC. The number of hydrogen-bond acceptors (Lipinski definition) is 6. The van der Waals surface area contributed by atoms with Crippen molar-refractivity contribution in [1.29, 1.82) is 0 Å². The summed E-state index contributed by atoms with van der Waals surface area (Å²) < 4.78 is 23.5. The van der Waals surface area contributed by atoms with Gasteiger partial charge in [-0.05, 0) is 44.9 Å². The Morgan fingerprint density at radius 3 is 1.49 bits per heavy atom. The summed E-state index contributed by atoms with van der Waals surface area (Å²) in [4.78, 5) is 23.2. The number of likely N-dealkylation sites (N-methyl/N-ethyl adjacent to an activating group) is 1. The lowest BCUT2D eigenvalue weighted by Gasteiger charge is -2.28. The zero-order chi connectivity index (χ0) is 42.3. The molecule has 4 N–H and O–H groups in total.